The lowest BCUT2D eigenvalue weighted by molar-refractivity contribution is -0.122. The van der Waals surface area contributed by atoms with Gasteiger partial charge in [0, 0.05) is 31.2 Å². The summed E-state index contributed by atoms with van der Waals surface area (Å²) in [4.78, 5) is 25.7. The summed E-state index contributed by atoms with van der Waals surface area (Å²) < 4.78 is 21.3. The molecule has 2 aromatic heterocycles. The molecule has 3 aromatic rings. The van der Waals surface area contributed by atoms with Crippen LogP contribution in [0.1, 0.15) is 44.6 Å². The van der Waals surface area contributed by atoms with E-state index in [1.165, 1.54) is 12.1 Å². The maximum atomic E-state index is 13.8. The molecule has 0 bridgehead atoms. The summed E-state index contributed by atoms with van der Waals surface area (Å²) in [5.41, 5.74) is 7.22. The number of nitrogens with one attached hydrogen (secondary N) is 2. The third-order valence-electron chi connectivity index (χ3n) is 6.73. The fourth-order valence-electron chi connectivity index (χ4n) is 4.78. The summed E-state index contributed by atoms with van der Waals surface area (Å²) in [5.74, 6) is 0.00375. The Morgan fingerprint density at radius 3 is 2.54 bits per heavy atom. The van der Waals surface area contributed by atoms with Crippen LogP contribution >= 0.6 is 23.2 Å². The van der Waals surface area contributed by atoms with Crippen molar-refractivity contribution < 1.29 is 13.9 Å². The molecular formula is C23H26Cl2FN7O2. The number of hydrogen-bond acceptors (Lipinski definition) is 7. The first-order valence-electron chi connectivity index (χ1n) is 11.7. The van der Waals surface area contributed by atoms with Crippen molar-refractivity contribution in [1.82, 2.24) is 19.5 Å². The average molecular weight is 522 g/mol. The number of aromatic nitrogens is 4. The normalized spacial score (nSPS) is 21.2. The fraction of sp³-hybridized carbons (Fsp3) is 0.478. The summed E-state index contributed by atoms with van der Waals surface area (Å²) in [6.45, 7) is 1.41. The van der Waals surface area contributed by atoms with Crippen molar-refractivity contribution in [2.24, 2.45) is 11.7 Å². The van der Waals surface area contributed by atoms with E-state index in [1.807, 2.05) is 4.57 Å². The molecule has 186 valence electrons. The van der Waals surface area contributed by atoms with Gasteiger partial charge in [0.2, 0.25) is 17.8 Å². The van der Waals surface area contributed by atoms with Crippen molar-refractivity contribution in [2.75, 3.05) is 23.8 Å². The second-order valence-corrected chi connectivity index (χ2v) is 9.75. The highest BCUT2D eigenvalue weighted by atomic mass is 35.5. The summed E-state index contributed by atoms with van der Waals surface area (Å²) in [6.07, 6.45) is 6.28. The van der Waals surface area contributed by atoms with E-state index in [9.17, 15) is 9.18 Å². The molecule has 1 saturated heterocycles. The third-order valence-corrected chi connectivity index (χ3v) is 7.59. The van der Waals surface area contributed by atoms with Crippen molar-refractivity contribution in [3.63, 3.8) is 0 Å². The Labute approximate surface area is 211 Å². The molecule has 2 aliphatic rings. The molecule has 0 radical (unpaired) electrons. The van der Waals surface area contributed by atoms with Crippen LogP contribution in [0.2, 0.25) is 10.0 Å². The molecule has 9 nitrogen and oxygen atoms in total. The van der Waals surface area contributed by atoms with Crippen molar-refractivity contribution >= 4 is 57.9 Å². The molecular weight excluding hydrogens is 496 g/mol. The van der Waals surface area contributed by atoms with Crippen molar-refractivity contribution in [3.05, 3.63) is 34.2 Å². The summed E-state index contributed by atoms with van der Waals surface area (Å²) in [7, 11) is 0. The number of imidazole rings is 1. The highest BCUT2D eigenvalue weighted by Crippen LogP contribution is 2.39. The zero-order valence-corrected chi connectivity index (χ0v) is 20.4. The number of hydrogen-bond donors (Lipinski definition) is 3. The Kier molecular flexibility index (Phi) is 6.95. The Balaban J connectivity index is 1.51. The zero-order valence-electron chi connectivity index (χ0n) is 18.9. The fourth-order valence-corrected chi connectivity index (χ4v) is 5.15. The number of nitrogens with two attached hydrogens (primary N) is 1. The Bertz CT molecular complexity index is 1240. The Morgan fingerprint density at radius 2 is 1.83 bits per heavy atom. The van der Waals surface area contributed by atoms with Gasteiger partial charge < -0.3 is 21.1 Å². The zero-order chi connectivity index (χ0) is 24.5. The molecule has 12 heteroatoms. The Hall–Kier alpha value is -2.69. The molecule has 5 rings (SSSR count). The van der Waals surface area contributed by atoms with Gasteiger partial charge in [0.1, 0.15) is 11.3 Å². The number of rotatable bonds is 6. The van der Waals surface area contributed by atoms with Gasteiger partial charge >= 0.3 is 0 Å². The average Bonchev–Trinajstić information content (AvgIpc) is 3.22. The van der Waals surface area contributed by atoms with Gasteiger partial charge in [0.25, 0.3) is 0 Å². The van der Waals surface area contributed by atoms with E-state index >= 15 is 0 Å². The highest BCUT2D eigenvalue weighted by Gasteiger charge is 2.29. The quantitative estimate of drug-likeness (QED) is 0.397. The first-order valence-corrected chi connectivity index (χ1v) is 12.5. The molecule has 4 N–H and O–H groups in total. The maximum absolute atomic E-state index is 13.8. The first kappa shape index (κ1) is 24.0. The molecule has 35 heavy (non-hydrogen) atoms. The predicted molar refractivity (Wildman–Crippen MR) is 133 cm³/mol. The number of nitrogens with zero attached hydrogens (tertiary/aromatic N) is 4. The van der Waals surface area contributed by atoms with Crippen LogP contribution in [0.3, 0.4) is 0 Å². The van der Waals surface area contributed by atoms with Gasteiger partial charge in [0.15, 0.2) is 5.65 Å². The van der Waals surface area contributed by atoms with E-state index in [-0.39, 0.29) is 34.0 Å². The standard InChI is InChI=1S/C23H26Cl2FN7O2/c24-18-15(26)5-6-16(19(18)25)30-23-31-17-11-28-22(29-13-7-9-35-10-8-13)32-21(17)33(23)14-3-1-12(2-4-14)20(27)34/h5-6,11-14H,1-4,7-10H2,(H2,27,34)(H,30,31)(H,28,29,32)/t12-,14+. The molecule has 3 heterocycles. The number of amides is 1. The minimum absolute atomic E-state index is 0.0265. The molecule has 0 spiro atoms. The molecule has 0 atom stereocenters. The van der Waals surface area contributed by atoms with Gasteiger partial charge in [-0.15, -0.1) is 0 Å². The summed E-state index contributed by atoms with van der Waals surface area (Å²) in [5, 5.41) is 6.51. The number of primary amides is 1. The summed E-state index contributed by atoms with van der Waals surface area (Å²) >= 11 is 12.3. The first-order chi connectivity index (χ1) is 16.9. The van der Waals surface area contributed by atoms with Crippen LogP contribution in [-0.4, -0.2) is 44.7 Å². The lowest BCUT2D eigenvalue weighted by atomic mass is 9.85. The monoisotopic (exact) mass is 521 g/mol. The molecule has 2 fully saturated rings. The van der Waals surface area contributed by atoms with Gasteiger partial charge in [-0.1, -0.05) is 23.2 Å². The van der Waals surface area contributed by atoms with E-state index < -0.39 is 5.82 Å². The van der Waals surface area contributed by atoms with Gasteiger partial charge in [-0.05, 0) is 50.7 Å². The van der Waals surface area contributed by atoms with Gasteiger partial charge in [-0.25, -0.2) is 14.4 Å². The van der Waals surface area contributed by atoms with Crippen LogP contribution < -0.4 is 16.4 Å². The number of halogens is 3. The second-order valence-electron chi connectivity index (χ2n) is 8.99. The van der Waals surface area contributed by atoms with Crippen LogP contribution in [0.15, 0.2) is 18.3 Å². The van der Waals surface area contributed by atoms with Crippen molar-refractivity contribution in [3.8, 4) is 0 Å². The SMILES string of the molecule is NC(=O)[C@H]1CC[C@@H](n2c(Nc3ccc(F)c(Cl)c3Cl)nc3cnc(NC4CCOCC4)nc32)CC1. The third kappa shape index (κ3) is 5.00. The van der Waals surface area contributed by atoms with Crippen LogP contribution in [0.5, 0.6) is 0 Å². The predicted octanol–water partition coefficient (Wildman–Crippen LogP) is 4.82. The van der Waals surface area contributed by atoms with E-state index in [0.717, 1.165) is 25.7 Å². The largest absolute Gasteiger partial charge is 0.381 e. The molecule has 1 aromatic carbocycles. The van der Waals surface area contributed by atoms with Crippen LogP contribution in [0.25, 0.3) is 11.2 Å². The number of carbonyl (C=O) groups excluding carboxylic acids is 1. The smallest absolute Gasteiger partial charge is 0.224 e. The summed E-state index contributed by atoms with van der Waals surface area (Å²) in [6, 6.07) is 3.03. The van der Waals surface area contributed by atoms with Crippen LogP contribution in [0.4, 0.5) is 22.0 Å². The lowest BCUT2D eigenvalue weighted by Crippen LogP contribution is -2.29. The minimum atomic E-state index is -0.602. The highest BCUT2D eigenvalue weighted by molar-refractivity contribution is 6.43. The molecule has 1 saturated carbocycles. The molecule has 1 aliphatic carbocycles. The van der Waals surface area contributed by atoms with E-state index in [2.05, 4.69) is 15.6 Å². The van der Waals surface area contributed by atoms with E-state index in [1.54, 1.807) is 6.20 Å². The molecule has 0 unspecified atom stereocenters. The molecule has 1 amide bonds. The maximum Gasteiger partial charge on any atom is 0.224 e. The van der Waals surface area contributed by atoms with Crippen LogP contribution in [0, 0.1) is 11.7 Å². The van der Waals surface area contributed by atoms with Gasteiger partial charge in [-0.3, -0.25) is 9.36 Å². The van der Waals surface area contributed by atoms with E-state index in [4.69, 9.17) is 43.6 Å². The van der Waals surface area contributed by atoms with Crippen molar-refractivity contribution in [1.29, 1.82) is 0 Å². The van der Waals surface area contributed by atoms with E-state index in [0.29, 0.717) is 54.8 Å². The second kappa shape index (κ2) is 10.1. The number of carbonyl (C=O) groups is 1. The Morgan fingerprint density at radius 1 is 1.09 bits per heavy atom. The number of fused-ring (bicyclic) bond motifs is 1. The number of benzene rings is 1. The van der Waals surface area contributed by atoms with Gasteiger partial charge in [0.05, 0.1) is 21.9 Å². The van der Waals surface area contributed by atoms with Crippen LogP contribution in [-0.2, 0) is 9.53 Å². The number of anilines is 3. The van der Waals surface area contributed by atoms with Crippen molar-refractivity contribution in [2.45, 2.75) is 50.6 Å². The van der Waals surface area contributed by atoms with Gasteiger partial charge in [-0.2, -0.15) is 4.98 Å². The number of ether oxygens (including phenoxy) is 1. The molecule has 1 aliphatic heterocycles. The minimum Gasteiger partial charge on any atom is -0.381 e. The lowest BCUT2D eigenvalue weighted by Gasteiger charge is -2.29. The topological polar surface area (TPSA) is 120 Å².